The van der Waals surface area contributed by atoms with Crippen LogP contribution >= 0.6 is 0 Å². The van der Waals surface area contributed by atoms with Crippen LogP contribution in [0.1, 0.15) is 41.5 Å². The van der Waals surface area contributed by atoms with Crippen molar-refractivity contribution in [2.24, 2.45) is 5.41 Å². The van der Waals surface area contributed by atoms with E-state index in [1.165, 1.54) is 11.1 Å². The van der Waals surface area contributed by atoms with Gasteiger partial charge in [0.15, 0.2) is 0 Å². The van der Waals surface area contributed by atoms with Crippen LogP contribution in [0.5, 0.6) is 0 Å². The molecule has 98 valence electrons. The van der Waals surface area contributed by atoms with E-state index in [9.17, 15) is 0 Å². The van der Waals surface area contributed by atoms with E-state index >= 15 is 0 Å². The number of nitrogens with zero attached hydrogens (tertiary/aromatic N) is 1. The molecule has 0 rings (SSSR count). The van der Waals surface area contributed by atoms with E-state index < -0.39 is 0 Å². The Hall–Kier alpha value is -1.02. The topological polar surface area (TPSA) is 15.3 Å². The number of likely N-dealkylation sites (N-methyl/N-ethyl adjacent to an activating group) is 1. The zero-order valence-electron chi connectivity index (χ0n) is 12.5. The van der Waals surface area contributed by atoms with Gasteiger partial charge in [-0.2, -0.15) is 0 Å². The predicted molar refractivity (Wildman–Crippen MR) is 77.5 cm³/mol. The van der Waals surface area contributed by atoms with Gasteiger partial charge in [0, 0.05) is 13.2 Å². The molecule has 0 aromatic carbocycles. The van der Waals surface area contributed by atoms with E-state index in [-0.39, 0.29) is 5.41 Å². The zero-order valence-corrected chi connectivity index (χ0v) is 12.5. The van der Waals surface area contributed by atoms with Crippen LogP contribution in [0.3, 0.4) is 0 Å². The third kappa shape index (κ3) is 4.39. The number of hydrogen-bond acceptors (Lipinski definition) is 2. The highest BCUT2D eigenvalue weighted by Gasteiger charge is 2.30. The van der Waals surface area contributed by atoms with E-state index in [0.717, 1.165) is 5.57 Å². The van der Waals surface area contributed by atoms with Gasteiger partial charge in [0.05, 0.1) is 6.04 Å². The maximum absolute atomic E-state index is 4.03. The Morgan fingerprint density at radius 1 is 1.24 bits per heavy atom. The minimum absolute atomic E-state index is 0.144. The largest absolute Gasteiger partial charge is 0.326 e. The van der Waals surface area contributed by atoms with Crippen molar-refractivity contribution in [2.45, 2.75) is 47.6 Å². The van der Waals surface area contributed by atoms with Crippen molar-refractivity contribution in [2.75, 3.05) is 7.05 Å². The van der Waals surface area contributed by atoms with Crippen molar-refractivity contribution in [3.05, 3.63) is 36.1 Å². The summed E-state index contributed by atoms with van der Waals surface area (Å²) < 4.78 is 0. The molecular weight excluding hydrogens is 208 g/mol. The molecule has 0 fully saturated rings. The number of hydrogen-bond donors (Lipinski definition) is 1. The number of allylic oxidation sites excluding steroid dienone is 2. The summed E-state index contributed by atoms with van der Waals surface area (Å²) in [4.78, 5) is 0. The predicted octanol–water partition coefficient (Wildman–Crippen LogP) is 3.89. The first-order valence-corrected chi connectivity index (χ1v) is 6.06. The van der Waals surface area contributed by atoms with Crippen molar-refractivity contribution < 1.29 is 0 Å². The summed E-state index contributed by atoms with van der Waals surface area (Å²) in [6, 6.07) is 0.303. The van der Waals surface area contributed by atoms with Gasteiger partial charge in [0.1, 0.15) is 0 Å². The molecule has 0 aromatic rings. The summed E-state index contributed by atoms with van der Waals surface area (Å²) in [6.07, 6.45) is 1.71. The Balaban J connectivity index is 5.42. The molecule has 0 aliphatic carbocycles. The van der Waals surface area contributed by atoms with Gasteiger partial charge in [0.2, 0.25) is 0 Å². The molecule has 0 heterocycles. The van der Waals surface area contributed by atoms with Crippen LogP contribution in [0, 0.1) is 5.41 Å². The fourth-order valence-electron chi connectivity index (χ4n) is 2.28. The lowest BCUT2D eigenvalue weighted by Gasteiger charge is -2.39. The Morgan fingerprint density at radius 3 is 2.00 bits per heavy atom. The van der Waals surface area contributed by atoms with E-state index in [4.69, 9.17) is 0 Å². The molecule has 0 amide bonds. The number of rotatable bonds is 5. The summed E-state index contributed by atoms with van der Waals surface area (Å²) in [5.41, 5.74) is 7.06. The first kappa shape index (κ1) is 16.0. The highest BCUT2D eigenvalue weighted by Crippen LogP contribution is 2.31. The first-order chi connectivity index (χ1) is 7.62. The maximum Gasteiger partial charge on any atom is 0.0548 e. The van der Waals surface area contributed by atoms with Crippen LogP contribution in [0.25, 0.3) is 0 Å². The van der Waals surface area contributed by atoms with Crippen LogP contribution in [0.15, 0.2) is 36.1 Å². The Morgan fingerprint density at radius 2 is 1.71 bits per heavy atom. The number of hydrazine groups is 1. The molecule has 17 heavy (non-hydrogen) atoms. The molecule has 2 nitrogen and oxygen atoms in total. The second kappa shape index (κ2) is 6.06. The van der Waals surface area contributed by atoms with Crippen molar-refractivity contribution in [3.63, 3.8) is 0 Å². The van der Waals surface area contributed by atoms with Crippen molar-refractivity contribution >= 4 is 0 Å². The van der Waals surface area contributed by atoms with Crippen LogP contribution < -0.4 is 5.43 Å². The standard InChI is InChI=1S/C15H28N2/c1-10-16-17(9)14(15(6,7)8)13(5)12(4)11(2)3/h10,14,16H,1-2H2,3-9H3/b13-12+. The Kier molecular flexibility index (Phi) is 5.70. The molecule has 0 radical (unpaired) electrons. The summed E-state index contributed by atoms with van der Waals surface area (Å²) in [5.74, 6) is 0. The first-order valence-electron chi connectivity index (χ1n) is 6.06. The smallest absolute Gasteiger partial charge is 0.0548 e. The fourth-order valence-corrected chi connectivity index (χ4v) is 2.28. The van der Waals surface area contributed by atoms with E-state index in [2.05, 4.69) is 65.1 Å². The minimum Gasteiger partial charge on any atom is -0.326 e. The second-order valence-electron chi connectivity index (χ2n) is 5.80. The van der Waals surface area contributed by atoms with E-state index in [0.29, 0.717) is 6.04 Å². The van der Waals surface area contributed by atoms with Gasteiger partial charge in [-0.25, -0.2) is 5.01 Å². The normalized spacial score (nSPS) is 15.3. The molecule has 0 saturated heterocycles. The molecule has 1 atom stereocenters. The molecule has 0 aliphatic heterocycles. The monoisotopic (exact) mass is 236 g/mol. The molecule has 0 aliphatic rings. The van der Waals surface area contributed by atoms with Crippen LogP contribution in [0.4, 0.5) is 0 Å². The van der Waals surface area contributed by atoms with Gasteiger partial charge in [-0.1, -0.05) is 45.1 Å². The molecule has 2 heteroatoms. The average molecular weight is 236 g/mol. The SMILES string of the molecule is C=CNN(C)C(/C(C)=C(\C)C(=C)C)C(C)(C)C. The Bertz CT molecular complexity index is 318. The zero-order chi connectivity index (χ0) is 13.8. The molecule has 1 unspecified atom stereocenters. The molecule has 0 saturated carbocycles. The highest BCUT2D eigenvalue weighted by atomic mass is 15.5. The minimum atomic E-state index is 0.144. The van der Waals surface area contributed by atoms with Crippen LogP contribution in [-0.4, -0.2) is 18.1 Å². The Labute approximate surface area is 107 Å². The van der Waals surface area contributed by atoms with E-state index in [1.807, 2.05) is 7.05 Å². The lowest BCUT2D eigenvalue weighted by Crippen LogP contribution is -2.48. The maximum atomic E-state index is 4.03. The fraction of sp³-hybridized carbons (Fsp3) is 0.600. The third-order valence-corrected chi connectivity index (χ3v) is 3.14. The number of nitrogens with one attached hydrogen (secondary N) is 1. The van der Waals surface area contributed by atoms with Crippen molar-refractivity contribution in [1.29, 1.82) is 0 Å². The molecule has 1 N–H and O–H groups in total. The highest BCUT2D eigenvalue weighted by molar-refractivity contribution is 5.32. The van der Waals surface area contributed by atoms with E-state index in [1.54, 1.807) is 6.20 Å². The summed E-state index contributed by atoms with van der Waals surface area (Å²) in [6.45, 7) is 20.9. The quantitative estimate of drug-likeness (QED) is 0.575. The summed E-state index contributed by atoms with van der Waals surface area (Å²) >= 11 is 0. The van der Waals surface area contributed by atoms with Crippen molar-refractivity contribution in [3.8, 4) is 0 Å². The summed E-state index contributed by atoms with van der Waals surface area (Å²) in [5, 5.41) is 2.11. The van der Waals surface area contributed by atoms with Gasteiger partial charge < -0.3 is 5.43 Å². The van der Waals surface area contributed by atoms with Crippen LogP contribution in [0.2, 0.25) is 0 Å². The van der Waals surface area contributed by atoms with Crippen LogP contribution in [-0.2, 0) is 0 Å². The van der Waals surface area contributed by atoms with Gasteiger partial charge in [0.25, 0.3) is 0 Å². The molecule has 0 aromatic heterocycles. The van der Waals surface area contributed by atoms with Crippen molar-refractivity contribution in [1.82, 2.24) is 10.4 Å². The lowest BCUT2D eigenvalue weighted by atomic mass is 9.80. The van der Waals surface area contributed by atoms with Gasteiger partial charge in [-0.15, -0.1) is 0 Å². The van der Waals surface area contributed by atoms with Gasteiger partial charge >= 0.3 is 0 Å². The van der Waals surface area contributed by atoms with Gasteiger partial charge in [-0.3, -0.25) is 0 Å². The summed E-state index contributed by atoms with van der Waals surface area (Å²) in [7, 11) is 2.05. The lowest BCUT2D eigenvalue weighted by molar-refractivity contribution is 0.121. The molecule has 0 spiro atoms. The third-order valence-electron chi connectivity index (χ3n) is 3.14. The molecule has 0 bridgehead atoms. The average Bonchev–Trinajstić information content (AvgIpc) is 2.14. The second-order valence-corrected chi connectivity index (χ2v) is 5.80. The van der Waals surface area contributed by atoms with Gasteiger partial charge in [-0.05, 0) is 31.8 Å². The molecular formula is C15H28N2.